The van der Waals surface area contributed by atoms with Crippen LogP contribution in [0.2, 0.25) is 0 Å². The van der Waals surface area contributed by atoms with E-state index in [1.54, 1.807) is 0 Å². The van der Waals surface area contributed by atoms with Gasteiger partial charge in [0.1, 0.15) is 11.2 Å². The number of sulfone groups is 1. The summed E-state index contributed by atoms with van der Waals surface area (Å²) in [7, 11) is -3.85. The summed E-state index contributed by atoms with van der Waals surface area (Å²) in [4.78, 5) is 3.23. The molecule has 2 bridgehead atoms. The Labute approximate surface area is 358 Å². The number of fused-ring (bicyclic) bond motifs is 8. The summed E-state index contributed by atoms with van der Waals surface area (Å²) in [5, 5.41) is 2.18. The molecule has 4 nitrogen and oxygen atoms in total. The minimum Gasteiger partial charge on any atom is -0.455 e. The van der Waals surface area contributed by atoms with Crippen molar-refractivity contribution >= 4 is 48.8 Å². The van der Waals surface area contributed by atoms with Crippen molar-refractivity contribution < 1.29 is 12.8 Å². The van der Waals surface area contributed by atoms with Crippen molar-refractivity contribution in [3.8, 4) is 22.3 Å². The van der Waals surface area contributed by atoms with Gasteiger partial charge in [0, 0.05) is 44.2 Å². The van der Waals surface area contributed by atoms with E-state index in [0.29, 0.717) is 33.5 Å². The standard InChI is InChI=1S/C56H49NO3S/c1-34-27-37-29-35(2)30-38(28-34)56(37)48-20-8-10-22-52(48)61(58,59)53-33-41(24-26-49(53)56)57(40-23-25-44-43-15-5-7-19-47(43)55(3,4)50(44)32-40)39-14-11-13-36(31-39)42-17-12-18-46-45-16-6-9-21-51(45)60-54(42)46/h5-26,31-35,37-38H,27-30H2,1-4H3/t34-,35+,37+,38-,56?. The van der Waals surface area contributed by atoms with E-state index in [0.717, 1.165) is 86.9 Å². The van der Waals surface area contributed by atoms with E-state index in [2.05, 4.69) is 154 Å². The van der Waals surface area contributed by atoms with Crippen molar-refractivity contribution in [2.24, 2.45) is 23.7 Å². The Bertz CT molecular complexity index is 3200. The summed E-state index contributed by atoms with van der Waals surface area (Å²) < 4.78 is 36.9. The lowest BCUT2D eigenvalue weighted by atomic mass is 9.46. The molecule has 61 heavy (non-hydrogen) atoms. The van der Waals surface area contributed by atoms with Crippen LogP contribution < -0.4 is 4.90 Å². The average molecular weight is 816 g/mol. The van der Waals surface area contributed by atoms with Gasteiger partial charge in [0.25, 0.3) is 0 Å². The van der Waals surface area contributed by atoms with Crippen LogP contribution in [0.25, 0.3) is 44.2 Å². The summed E-state index contributed by atoms with van der Waals surface area (Å²) in [6, 6.07) is 53.2. The first-order chi connectivity index (χ1) is 29.5. The van der Waals surface area contributed by atoms with E-state index >= 15 is 8.42 Å². The number of rotatable bonds is 4. The van der Waals surface area contributed by atoms with Crippen LogP contribution in [0.1, 0.15) is 75.6 Å². The highest BCUT2D eigenvalue weighted by Crippen LogP contribution is 2.64. The molecule has 3 aliphatic carbocycles. The lowest BCUT2D eigenvalue weighted by Crippen LogP contribution is -2.54. The Morgan fingerprint density at radius 1 is 0.525 bits per heavy atom. The van der Waals surface area contributed by atoms with Crippen LogP contribution in [-0.4, -0.2) is 8.42 Å². The zero-order chi connectivity index (χ0) is 41.4. The van der Waals surface area contributed by atoms with Gasteiger partial charge in [-0.2, -0.15) is 0 Å². The van der Waals surface area contributed by atoms with E-state index in [1.807, 2.05) is 30.3 Å². The monoisotopic (exact) mass is 815 g/mol. The SMILES string of the molecule is CC1(C)c2ccccc2-c2ccc(N(c3cccc(-c4cccc5c4oc4ccccc45)c3)c3ccc4c(c3)S(=O)(=O)c3ccccc3C43[C@H]4C[C@@H](C)C[C@@H]3C[C@@H](C)C4)cc21. The minimum atomic E-state index is -3.85. The van der Waals surface area contributed by atoms with Crippen LogP contribution in [0.3, 0.4) is 0 Å². The van der Waals surface area contributed by atoms with Crippen molar-refractivity contribution in [2.75, 3.05) is 4.90 Å². The highest BCUT2D eigenvalue weighted by Gasteiger charge is 2.59. The maximum Gasteiger partial charge on any atom is 0.207 e. The molecule has 2 saturated carbocycles. The second-order valence-electron chi connectivity index (χ2n) is 19.2. The number of hydrogen-bond donors (Lipinski definition) is 0. The van der Waals surface area contributed by atoms with Gasteiger partial charge in [0.15, 0.2) is 0 Å². The van der Waals surface area contributed by atoms with Crippen LogP contribution >= 0.6 is 0 Å². The molecule has 302 valence electrons. The Balaban J connectivity index is 1.08. The van der Waals surface area contributed by atoms with Gasteiger partial charge < -0.3 is 9.32 Å². The molecule has 12 rings (SSSR count). The van der Waals surface area contributed by atoms with Gasteiger partial charge in [-0.25, -0.2) is 8.42 Å². The van der Waals surface area contributed by atoms with Gasteiger partial charge in [-0.05, 0) is 137 Å². The van der Waals surface area contributed by atoms with Crippen LogP contribution in [-0.2, 0) is 20.7 Å². The molecule has 1 aromatic heterocycles. The second kappa shape index (κ2) is 13.0. The van der Waals surface area contributed by atoms with E-state index < -0.39 is 9.84 Å². The van der Waals surface area contributed by atoms with Crippen LogP contribution in [0.15, 0.2) is 166 Å². The van der Waals surface area contributed by atoms with Crippen molar-refractivity contribution in [1.29, 1.82) is 0 Å². The van der Waals surface area contributed by atoms with Gasteiger partial charge in [-0.1, -0.05) is 131 Å². The molecular formula is C56H49NO3S. The second-order valence-corrected chi connectivity index (χ2v) is 21.0. The van der Waals surface area contributed by atoms with Gasteiger partial charge in [0.05, 0.1) is 9.79 Å². The third-order valence-electron chi connectivity index (χ3n) is 15.3. The summed E-state index contributed by atoms with van der Waals surface area (Å²) in [6.07, 6.45) is 4.45. The molecule has 0 N–H and O–H groups in total. The smallest absolute Gasteiger partial charge is 0.207 e. The largest absolute Gasteiger partial charge is 0.455 e. The molecule has 8 aromatic rings. The molecule has 0 saturated heterocycles. The summed E-state index contributed by atoms with van der Waals surface area (Å²) in [6.45, 7) is 9.42. The Morgan fingerprint density at radius 2 is 1.11 bits per heavy atom. The molecule has 2 fully saturated rings. The topological polar surface area (TPSA) is 50.5 Å². The van der Waals surface area contributed by atoms with Crippen LogP contribution in [0.4, 0.5) is 17.1 Å². The maximum atomic E-state index is 15.2. The Kier molecular flexibility index (Phi) is 7.89. The summed E-state index contributed by atoms with van der Waals surface area (Å²) >= 11 is 0. The van der Waals surface area contributed by atoms with E-state index in [4.69, 9.17) is 4.42 Å². The molecule has 0 radical (unpaired) electrons. The normalized spacial score (nSPS) is 23.9. The zero-order valence-electron chi connectivity index (χ0n) is 35.2. The highest BCUT2D eigenvalue weighted by molar-refractivity contribution is 7.91. The van der Waals surface area contributed by atoms with E-state index in [1.165, 1.54) is 22.3 Å². The minimum absolute atomic E-state index is 0.214. The predicted octanol–water partition coefficient (Wildman–Crippen LogP) is 14.6. The number of para-hydroxylation sites is 2. The number of furan rings is 1. The molecule has 5 heteroatoms. The number of benzene rings is 7. The summed E-state index contributed by atoms with van der Waals surface area (Å²) in [5.41, 5.74) is 13.1. The van der Waals surface area contributed by atoms with E-state index in [9.17, 15) is 0 Å². The lowest BCUT2D eigenvalue weighted by molar-refractivity contribution is 0.0231. The quantitative estimate of drug-likeness (QED) is 0.178. The number of anilines is 3. The first kappa shape index (κ1) is 36.9. The van der Waals surface area contributed by atoms with Gasteiger partial charge in [0.2, 0.25) is 9.84 Å². The third kappa shape index (κ3) is 5.13. The predicted molar refractivity (Wildman–Crippen MR) is 248 cm³/mol. The molecule has 1 spiro atoms. The van der Waals surface area contributed by atoms with Crippen LogP contribution in [0, 0.1) is 23.7 Å². The Hall–Kier alpha value is -5.91. The third-order valence-corrected chi connectivity index (χ3v) is 17.1. The lowest BCUT2D eigenvalue weighted by Gasteiger charge is -2.59. The Morgan fingerprint density at radius 3 is 1.92 bits per heavy atom. The van der Waals surface area contributed by atoms with Crippen molar-refractivity contribution in [2.45, 2.75) is 74.0 Å². The molecule has 0 amide bonds. The fourth-order valence-corrected chi connectivity index (χ4v) is 14.7. The van der Waals surface area contributed by atoms with Crippen LogP contribution in [0.5, 0.6) is 0 Å². The average Bonchev–Trinajstić information content (AvgIpc) is 3.75. The summed E-state index contributed by atoms with van der Waals surface area (Å²) in [5.74, 6) is 1.98. The van der Waals surface area contributed by atoms with Crippen molar-refractivity contribution in [1.82, 2.24) is 0 Å². The molecular weight excluding hydrogens is 767 g/mol. The van der Waals surface area contributed by atoms with Gasteiger partial charge >= 0.3 is 0 Å². The van der Waals surface area contributed by atoms with E-state index in [-0.39, 0.29) is 10.8 Å². The molecule has 7 aromatic carbocycles. The van der Waals surface area contributed by atoms with Gasteiger partial charge in [-0.3, -0.25) is 0 Å². The molecule has 4 aliphatic rings. The first-order valence-electron chi connectivity index (χ1n) is 22.1. The maximum absolute atomic E-state index is 15.2. The zero-order valence-corrected chi connectivity index (χ0v) is 36.0. The highest BCUT2D eigenvalue weighted by atomic mass is 32.2. The van der Waals surface area contributed by atoms with Crippen molar-refractivity contribution in [3.63, 3.8) is 0 Å². The molecule has 0 atom stereocenters. The van der Waals surface area contributed by atoms with Crippen molar-refractivity contribution in [3.05, 3.63) is 174 Å². The van der Waals surface area contributed by atoms with Gasteiger partial charge in [-0.15, -0.1) is 0 Å². The first-order valence-corrected chi connectivity index (χ1v) is 23.6. The number of hydrogen-bond acceptors (Lipinski definition) is 4. The fraction of sp³-hybridized carbons (Fsp3) is 0.250. The molecule has 1 aliphatic heterocycles. The molecule has 2 heterocycles. The molecule has 0 unspecified atom stereocenters. The fourth-order valence-electron chi connectivity index (χ4n) is 12.9. The number of nitrogens with zero attached hydrogens (tertiary/aromatic N) is 1.